The minimum atomic E-state index is -0.201. The fourth-order valence-corrected chi connectivity index (χ4v) is 2.21. The van der Waals surface area contributed by atoms with Crippen LogP contribution in [0.2, 0.25) is 0 Å². The van der Waals surface area contributed by atoms with Gasteiger partial charge in [-0.25, -0.2) is 0 Å². The molecule has 1 fully saturated rings. The van der Waals surface area contributed by atoms with E-state index in [1.54, 1.807) is 0 Å². The zero-order valence-corrected chi connectivity index (χ0v) is 14.7. The molecule has 134 valence electrons. The highest BCUT2D eigenvalue weighted by molar-refractivity contribution is 5.71. The smallest absolute Gasteiger partial charge is 0.308 e. The van der Waals surface area contributed by atoms with Crippen LogP contribution in [-0.4, -0.2) is 60.4 Å². The molecule has 2 heterocycles. The number of nitrogens with zero attached hydrogens (tertiary/aromatic N) is 4. The Balaban J connectivity index is 1.97. The van der Waals surface area contributed by atoms with E-state index >= 15 is 0 Å². The summed E-state index contributed by atoms with van der Waals surface area (Å²) in [5.41, 5.74) is 0. The largest absolute Gasteiger partial charge is 0.464 e. The average molecular weight is 337 g/mol. The zero-order chi connectivity index (χ0) is 17.4. The van der Waals surface area contributed by atoms with Gasteiger partial charge in [0, 0.05) is 19.5 Å². The molecule has 1 saturated heterocycles. The molecule has 8 nitrogen and oxygen atoms in total. The number of carbonyl (C=O) groups is 1. The monoisotopic (exact) mass is 337 g/mol. The maximum Gasteiger partial charge on any atom is 0.308 e. The molecule has 0 radical (unpaired) electrons. The normalized spacial score (nSPS) is 14.8. The number of anilines is 2. The van der Waals surface area contributed by atoms with E-state index < -0.39 is 0 Å². The standard InChI is InChI=1S/C16H27N5O3/c1-4-5-13-18-15(17-6-9-24-14(22)12(2)3)20-16(19-13)21-7-10-23-11-8-21/h12H,4-11H2,1-3H3,(H,17,18,19,20). The fourth-order valence-electron chi connectivity index (χ4n) is 2.21. The summed E-state index contributed by atoms with van der Waals surface area (Å²) in [5, 5.41) is 3.12. The van der Waals surface area contributed by atoms with Gasteiger partial charge < -0.3 is 19.7 Å². The van der Waals surface area contributed by atoms with Gasteiger partial charge in [-0.1, -0.05) is 20.8 Å². The molecule has 0 spiro atoms. The van der Waals surface area contributed by atoms with E-state index in [4.69, 9.17) is 9.47 Å². The van der Waals surface area contributed by atoms with E-state index in [9.17, 15) is 4.79 Å². The molecule has 0 aromatic carbocycles. The average Bonchev–Trinajstić information content (AvgIpc) is 2.59. The third-order valence-electron chi connectivity index (χ3n) is 3.54. The van der Waals surface area contributed by atoms with Gasteiger partial charge in [0.05, 0.1) is 25.7 Å². The second kappa shape index (κ2) is 9.36. The van der Waals surface area contributed by atoms with Gasteiger partial charge in [-0.2, -0.15) is 15.0 Å². The van der Waals surface area contributed by atoms with Gasteiger partial charge in [-0.3, -0.25) is 4.79 Å². The molecule has 0 saturated carbocycles. The third kappa shape index (κ3) is 5.59. The molecule has 1 aromatic rings. The van der Waals surface area contributed by atoms with Crippen LogP contribution in [0.5, 0.6) is 0 Å². The Bertz CT molecular complexity index is 532. The van der Waals surface area contributed by atoms with Crippen LogP contribution >= 0.6 is 0 Å². The van der Waals surface area contributed by atoms with Crippen molar-refractivity contribution in [2.45, 2.75) is 33.6 Å². The van der Waals surface area contributed by atoms with E-state index in [1.165, 1.54) is 0 Å². The molecule has 1 N–H and O–H groups in total. The number of nitrogens with one attached hydrogen (secondary N) is 1. The van der Waals surface area contributed by atoms with Crippen molar-refractivity contribution in [1.82, 2.24) is 15.0 Å². The minimum Gasteiger partial charge on any atom is -0.464 e. The Labute approximate surface area is 143 Å². The number of rotatable bonds is 8. The molecular formula is C16H27N5O3. The van der Waals surface area contributed by atoms with E-state index in [2.05, 4.69) is 32.1 Å². The van der Waals surface area contributed by atoms with E-state index in [1.807, 2.05) is 13.8 Å². The Morgan fingerprint density at radius 2 is 2.04 bits per heavy atom. The predicted octanol–water partition coefficient (Wildman–Crippen LogP) is 1.27. The number of aromatic nitrogens is 3. The molecule has 2 rings (SSSR count). The summed E-state index contributed by atoms with van der Waals surface area (Å²) in [5.74, 6) is 1.66. The SMILES string of the molecule is CCCc1nc(NCCOC(=O)C(C)C)nc(N2CCOCC2)n1. The van der Waals surface area contributed by atoms with Crippen LogP contribution in [-0.2, 0) is 20.7 Å². The molecule has 0 bridgehead atoms. The van der Waals surface area contributed by atoms with Crippen LogP contribution in [0.15, 0.2) is 0 Å². The summed E-state index contributed by atoms with van der Waals surface area (Å²) >= 11 is 0. The van der Waals surface area contributed by atoms with Crippen molar-refractivity contribution < 1.29 is 14.3 Å². The summed E-state index contributed by atoms with van der Waals surface area (Å²) in [4.78, 5) is 27.0. The molecular weight excluding hydrogens is 310 g/mol. The number of aryl methyl sites for hydroxylation is 1. The Morgan fingerprint density at radius 3 is 2.71 bits per heavy atom. The second-order valence-corrected chi connectivity index (χ2v) is 5.97. The number of esters is 1. The summed E-state index contributed by atoms with van der Waals surface area (Å²) in [6, 6.07) is 0. The van der Waals surface area contributed by atoms with Gasteiger partial charge in [0.2, 0.25) is 11.9 Å². The quantitative estimate of drug-likeness (QED) is 0.560. The Hall–Kier alpha value is -1.96. The molecule has 1 aliphatic rings. The first-order chi connectivity index (χ1) is 11.6. The number of ether oxygens (including phenoxy) is 2. The predicted molar refractivity (Wildman–Crippen MR) is 91.1 cm³/mol. The summed E-state index contributed by atoms with van der Waals surface area (Å²) in [6.07, 6.45) is 1.77. The molecule has 24 heavy (non-hydrogen) atoms. The highest BCUT2D eigenvalue weighted by Gasteiger charge is 2.16. The van der Waals surface area contributed by atoms with Crippen LogP contribution in [0.4, 0.5) is 11.9 Å². The van der Waals surface area contributed by atoms with Crippen molar-refractivity contribution in [3.8, 4) is 0 Å². The van der Waals surface area contributed by atoms with E-state index in [-0.39, 0.29) is 11.9 Å². The summed E-state index contributed by atoms with van der Waals surface area (Å²) < 4.78 is 10.5. The maximum atomic E-state index is 11.4. The van der Waals surface area contributed by atoms with Crippen molar-refractivity contribution in [2.75, 3.05) is 49.7 Å². The first kappa shape index (κ1) is 18.4. The number of hydrogen-bond acceptors (Lipinski definition) is 8. The van der Waals surface area contributed by atoms with Crippen LogP contribution < -0.4 is 10.2 Å². The first-order valence-electron chi connectivity index (χ1n) is 8.58. The highest BCUT2D eigenvalue weighted by Crippen LogP contribution is 2.13. The Morgan fingerprint density at radius 1 is 1.29 bits per heavy atom. The lowest BCUT2D eigenvalue weighted by Crippen LogP contribution is -2.37. The van der Waals surface area contributed by atoms with Crippen molar-refractivity contribution in [2.24, 2.45) is 5.92 Å². The second-order valence-electron chi connectivity index (χ2n) is 5.97. The third-order valence-corrected chi connectivity index (χ3v) is 3.54. The van der Waals surface area contributed by atoms with Crippen LogP contribution in [0.3, 0.4) is 0 Å². The van der Waals surface area contributed by atoms with E-state index in [0.29, 0.717) is 38.3 Å². The van der Waals surface area contributed by atoms with Crippen molar-refractivity contribution in [3.05, 3.63) is 5.82 Å². The Kier molecular flexibility index (Phi) is 7.17. The lowest BCUT2D eigenvalue weighted by Gasteiger charge is -2.27. The lowest BCUT2D eigenvalue weighted by molar-refractivity contribution is -0.146. The zero-order valence-electron chi connectivity index (χ0n) is 14.7. The van der Waals surface area contributed by atoms with Gasteiger partial charge >= 0.3 is 5.97 Å². The van der Waals surface area contributed by atoms with Gasteiger partial charge in [-0.15, -0.1) is 0 Å². The molecule has 0 atom stereocenters. The molecule has 0 amide bonds. The van der Waals surface area contributed by atoms with Gasteiger partial charge in [0.1, 0.15) is 12.4 Å². The van der Waals surface area contributed by atoms with Crippen molar-refractivity contribution in [3.63, 3.8) is 0 Å². The highest BCUT2D eigenvalue weighted by atomic mass is 16.5. The molecule has 0 aliphatic carbocycles. The number of carbonyl (C=O) groups excluding carboxylic acids is 1. The summed E-state index contributed by atoms with van der Waals surface area (Å²) in [7, 11) is 0. The van der Waals surface area contributed by atoms with Crippen LogP contribution in [0, 0.1) is 5.92 Å². The molecule has 8 heteroatoms. The van der Waals surface area contributed by atoms with Crippen molar-refractivity contribution >= 4 is 17.9 Å². The van der Waals surface area contributed by atoms with Crippen LogP contribution in [0.1, 0.15) is 33.0 Å². The minimum absolute atomic E-state index is 0.119. The van der Waals surface area contributed by atoms with Crippen molar-refractivity contribution in [1.29, 1.82) is 0 Å². The lowest BCUT2D eigenvalue weighted by atomic mass is 10.2. The topological polar surface area (TPSA) is 89.5 Å². The van der Waals surface area contributed by atoms with Crippen LogP contribution in [0.25, 0.3) is 0 Å². The first-order valence-corrected chi connectivity index (χ1v) is 8.58. The number of hydrogen-bond donors (Lipinski definition) is 1. The number of morpholine rings is 1. The molecule has 1 aliphatic heterocycles. The fraction of sp³-hybridized carbons (Fsp3) is 0.750. The van der Waals surface area contributed by atoms with Gasteiger partial charge in [0.15, 0.2) is 0 Å². The molecule has 0 unspecified atom stereocenters. The van der Waals surface area contributed by atoms with Gasteiger partial charge in [0.25, 0.3) is 0 Å². The van der Waals surface area contributed by atoms with Gasteiger partial charge in [-0.05, 0) is 6.42 Å². The maximum absolute atomic E-state index is 11.4. The summed E-state index contributed by atoms with van der Waals surface area (Å²) in [6.45, 7) is 9.40. The molecule has 1 aromatic heterocycles. The van der Waals surface area contributed by atoms with E-state index in [0.717, 1.165) is 31.8 Å².